The zero-order chi connectivity index (χ0) is 20.4. The molecule has 0 bridgehead atoms. The van der Waals surface area contributed by atoms with Crippen molar-refractivity contribution in [3.8, 4) is 5.75 Å². The van der Waals surface area contributed by atoms with E-state index in [0.29, 0.717) is 16.4 Å². The Hall–Kier alpha value is -3.32. The third kappa shape index (κ3) is 3.82. The van der Waals surface area contributed by atoms with Crippen LogP contribution in [-0.4, -0.2) is 23.0 Å². The minimum Gasteiger partial charge on any atom is -0.494 e. The number of thiazole rings is 1. The minimum atomic E-state index is -0.459. The zero-order valence-electron chi connectivity index (χ0n) is 15.9. The van der Waals surface area contributed by atoms with Crippen LogP contribution in [0, 0.1) is 12.7 Å². The van der Waals surface area contributed by atoms with E-state index in [1.54, 1.807) is 30.5 Å². The second kappa shape index (κ2) is 7.97. The summed E-state index contributed by atoms with van der Waals surface area (Å²) in [6.45, 7) is 2.26. The fourth-order valence-electron chi connectivity index (χ4n) is 3.06. The molecule has 0 saturated carbocycles. The van der Waals surface area contributed by atoms with Crippen LogP contribution < -0.4 is 9.64 Å². The first-order valence-electron chi connectivity index (χ1n) is 8.97. The lowest BCUT2D eigenvalue weighted by Gasteiger charge is -2.20. The molecular weight excluding hydrogens is 389 g/mol. The van der Waals surface area contributed by atoms with Gasteiger partial charge in [-0.05, 0) is 48.4 Å². The van der Waals surface area contributed by atoms with Gasteiger partial charge in [-0.25, -0.2) is 9.37 Å². The van der Waals surface area contributed by atoms with Gasteiger partial charge in [-0.3, -0.25) is 14.7 Å². The number of nitrogens with zero attached hydrogens (tertiary/aromatic N) is 3. The highest BCUT2D eigenvalue weighted by molar-refractivity contribution is 7.22. The molecule has 5 nitrogen and oxygen atoms in total. The summed E-state index contributed by atoms with van der Waals surface area (Å²) in [6.07, 6.45) is 3.37. The van der Waals surface area contributed by atoms with Crippen molar-refractivity contribution in [2.24, 2.45) is 0 Å². The number of amides is 1. The van der Waals surface area contributed by atoms with E-state index >= 15 is 0 Å². The number of aromatic nitrogens is 2. The van der Waals surface area contributed by atoms with Crippen LogP contribution in [0.25, 0.3) is 10.2 Å². The highest BCUT2D eigenvalue weighted by Crippen LogP contribution is 2.37. The zero-order valence-corrected chi connectivity index (χ0v) is 16.7. The van der Waals surface area contributed by atoms with Gasteiger partial charge >= 0.3 is 0 Å². The molecule has 0 fully saturated rings. The van der Waals surface area contributed by atoms with Crippen molar-refractivity contribution in [2.75, 3.05) is 12.0 Å². The van der Waals surface area contributed by atoms with E-state index in [1.807, 2.05) is 31.2 Å². The second-order valence-corrected chi connectivity index (χ2v) is 7.50. The van der Waals surface area contributed by atoms with Crippen LogP contribution in [0.2, 0.25) is 0 Å². The molecule has 0 aliphatic rings. The first-order valence-corrected chi connectivity index (χ1v) is 9.79. The third-order valence-corrected chi connectivity index (χ3v) is 5.74. The number of benzene rings is 2. The van der Waals surface area contributed by atoms with Gasteiger partial charge in [0.25, 0.3) is 5.91 Å². The minimum absolute atomic E-state index is 0.261. The Balaban J connectivity index is 1.83. The molecule has 0 aliphatic carbocycles. The number of fused-ring (bicyclic) bond motifs is 1. The summed E-state index contributed by atoms with van der Waals surface area (Å²) in [4.78, 5) is 23.7. The molecule has 0 N–H and O–H groups in total. The van der Waals surface area contributed by atoms with Gasteiger partial charge in [-0.1, -0.05) is 29.5 Å². The van der Waals surface area contributed by atoms with Crippen molar-refractivity contribution >= 4 is 32.6 Å². The lowest BCUT2D eigenvalue weighted by Crippen LogP contribution is -2.30. The highest BCUT2D eigenvalue weighted by atomic mass is 32.1. The molecule has 0 atom stereocenters. The Morgan fingerprint density at radius 2 is 2.07 bits per heavy atom. The van der Waals surface area contributed by atoms with E-state index < -0.39 is 5.82 Å². The van der Waals surface area contributed by atoms with Crippen LogP contribution in [0.4, 0.5) is 9.52 Å². The summed E-state index contributed by atoms with van der Waals surface area (Å²) in [7, 11) is 1.59. The molecule has 146 valence electrons. The van der Waals surface area contributed by atoms with Gasteiger partial charge in [-0.15, -0.1) is 0 Å². The molecule has 4 rings (SSSR count). The topological polar surface area (TPSA) is 55.3 Å². The fraction of sp³-hybridized carbons (Fsp3) is 0.136. The Morgan fingerprint density at radius 3 is 2.79 bits per heavy atom. The van der Waals surface area contributed by atoms with Crippen LogP contribution in [0.1, 0.15) is 21.5 Å². The van der Waals surface area contributed by atoms with Crippen molar-refractivity contribution in [3.05, 3.63) is 83.4 Å². The quantitative estimate of drug-likeness (QED) is 0.467. The summed E-state index contributed by atoms with van der Waals surface area (Å²) >= 11 is 1.41. The number of hydrogen-bond donors (Lipinski definition) is 0. The van der Waals surface area contributed by atoms with Crippen molar-refractivity contribution in [3.63, 3.8) is 0 Å². The van der Waals surface area contributed by atoms with Crippen LogP contribution in [0.15, 0.2) is 60.9 Å². The van der Waals surface area contributed by atoms with E-state index in [2.05, 4.69) is 4.98 Å². The predicted molar refractivity (Wildman–Crippen MR) is 112 cm³/mol. The summed E-state index contributed by atoms with van der Waals surface area (Å²) in [5.74, 6) is -0.143. The number of anilines is 1. The number of aryl methyl sites for hydroxylation is 1. The van der Waals surface area contributed by atoms with Crippen LogP contribution in [0.3, 0.4) is 0 Å². The summed E-state index contributed by atoms with van der Waals surface area (Å²) in [5, 5.41) is 0.519. The number of carbonyl (C=O) groups is 1. The van der Waals surface area contributed by atoms with Crippen molar-refractivity contribution in [1.29, 1.82) is 0 Å². The maximum atomic E-state index is 13.7. The lowest BCUT2D eigenvalue weighted by molar-refractivity contribution is 0.0984. The first-order chi connectivity index (χ1) is 14.1. The summed E-state index contributed by atoms with van der Waals surface area (Å²) in [6, 6.07) is 13.2. The molecule has 4 aromatic rings. The van der Waals surface area contributed by atoms with Crippen LogP contribution >= 0.6 is 11.3 Å². The van der Waals surface area contributed by atoms with Crippen LogP contribution in [0.5, 0.6) is 5.75 Å². The molecule has 0 aliphatic heterocycles. The van der Waals surface area contributed by atoms with E-state index in [0.717, 1.165) is 15.8 Å². The standard InChI is InChI=1S/C22H18FN3O2S/c1-14-8-9-18(28-2)19-20(14)29-22(25-19)26(13-15-5-4-10-24-12-15)21(27)16-6-3-7-17(23)11-16/h3-12H,13H2,1-2H3. The van der Waals surface area contributed by atoms with Gasteiger partial charge < -0.3 is 4.74 Å². The Bertz CT molecular complexity index is 1180. The van der Waals surface area contributed by atoms with Gasteiger partial charge in [0.15, 0.2) is 5.13 Å². The van der Waals surface area contributed by atoms with Crippen LogP contribution in [-0.2, 0) is 6.54 Å². The van der Waals surface area contributed by atoms with Gasteiger partial charge in [0.1, 0.15) is 17.1 Å². The molecule has 0 spiro atoms. The molecule has 0 saturated heterocycles. The first kappa shape index (κ1) is 19.0. The molecule has 7 heteroatoms. The van der Waals surface area contributed by atoms with Gasteiger partial charge in [-0.2, -0.15) is 0 Å². The number of ether oxygens (including phenoxy) is 1. The summed E-state index contributed by atoms with van der Waals surface area (Å²) in [5.41, 5.74) is 2.86. The van der Waals surface area contributed by atoms with E-state index in [-0.39, 0.29) is 18.0 Å². The second-order valence-electron chi connectivity index (χ2n) is 6.52. The fourth-order valence-corrected chi connectivity index (χ4v) is 4.11. The SMILES string of the molecule is COc1ccc(C)c2sc(N(Cc3cccnc3)C(=O)c3cccc(F)c3)nc12. The molecule has 2 aromatic carbocycles. The van der Waals surface area contributed by atoms with Crippen molar-refractivity contribution in [2.45, 2.75) is 13.5 Å². The Morgan fingerprint density at radius 1 is 1.21 bits per heavy atom. The number of carbonyl (C=O) groups excluding carboxylic acids is 1. The molecule has 29 heavy (non-hydrogen) atoms. The van der Waals surface area contributed by atoms with Gasteiger partial charge in [0.05, 0.1) is 18.4 Å². The number of pyridine rings is 1. The monoisotopic (exact) mass is 407 g/mol. The Labute approximate surface area is 171 Å². The van der Waals surface area contributed by atoms with Gasteiger partial charge in [0, 0.05) is 18.0 Å². The average molecular weight is 407 g/mol. The van der Waals surface area contributed by atoms with E-state index in [9.17, 15) is 9.18 Å². The maximum absolute atomic E-state index is 13.7. The van der Waals surface area contributed by atoms with E-state index in [1.165, 1.54) is 29.5 Å². The normalized spacial score (nSPS) is 10.9. The maximum Gasteiger partial charge on any atom is 0.260 e. The Kier molecular flexibility index (Phi) is 5.22. The smallest absolute Gasteiger partial charge is 0.260 e. The molecule has 0 unspecified atom stereocenters. The molecule has 0 radical (unpaired) electrons. The molecule has 2 heterocycles. The van der Waals surface area contributed by atoms with Gasteiger partial charge in [0.2, 0.25) is 0 Å². The van der Waals surface area contributed by atoms with E-state index in [4.69, 9.17) is 9.72 Å². The number of halogens is 1. The largest absolute Gasteiger partial charge is 0.494 e. The third-order valence-electron chi connectivity index (χ3n) is 4.52. The molecule has 1 amide bonds. The lowest BCUT2D eigenvalue weighted by atomic mass is 10.2. The number of rotatable bonds is 5. The number of methoxy groups -OCH3 is 1. The molecular formula is C22H18FN3O2S. The molecule has 2 aromatic heterocycles. The average Bonchev–Trinajstić information content (AvgIpc) is 3.19. The predicted octanol–water partition coefficient (Wildman–Crippen LogP) is 4.99. The van der Waals surface area contributed by atoms with Crippen molar-refractivity contribution < 1.29 is 13.9 Å². The summed E-state index contributed by atoms with van der Waals surface area (Å²) < 4.78 is 20.1. The van der Waals surface area contributed by atoms with Crippen molar-refractivity contribution in [1.82, 2.24) is 9.97 Å². The number of hydrogen-bond acceptors (Lipinski definition) is 5. The highest BCUT2D eigenvalue weighted by Gasteiger charge is 2.23.